The maximum atomic E-state index is 5.26. The van der Waals surface area contributed by atoms with E-state index in [1.165, 1.54) is 25.7 Å². The van der Waals surface area contributed by atoms with Crippen LogP contribution >= 0.6 is 0 Å². The molecule has 1 fully saturated rings. The number of methoxy groups -OCH3 is 1. The summed E-state index contributed by atoms with van der Waals surface area (Å²) in [5.74, 6) is 0. The smallest absolute Gasteiger partial charge is 0.0590 e. The number of benzene rings is 1. The van der Waals surface area contributed by atoms with Crippen LogP contribution in [0.2, 0.25) is 0 Å². The van der Waals surface area contributed by atoms with E-state index in [1.807, 2.05) is 0 Å². The molecule has 0 amide bonds. The quantitative estimate of drug-likeness (QED) is 0.772. The van der Waals surface area contributed by atoms with E-state index in [2.05, 4.69) is 29.2 Å². The predicted molar refractivity (Wildman–Crippen MR) is 69.1 cm³/mol. The summed E-state index contributed by atoms with van der Waals surface area (Å²) >= 11 is 0. The second-order valence-electron chi connectivity index (χ2n) is 5.22. The highest BCUT2D eigenvalue weighted by atomic mass is 16.5. The second-order valence-corrected chi connectivity index (χ2v) is 5.22. The van der Waals surface area contributed by atoms with Crippen molar-refractivity contribution in [2.45, 2.75) is 37.8 Å². The van der Waals surface area contributed by atoms with Crippen molar-refractivity contribution in [3.8, 4) is 0 Å². The number of hydrogen-bond donors (Lipinski definition) is 0. The van der Waals surface area contributed by atoms with Gasteiger partial charge in [0, 0.05) is 25.7 Å². The van der Waals surface area contributed by atoms with Gasteiger partial charge in [0.15, 0.2) is 0 Å². The molecule has 3 rings (SSSR count). The Morgan fingerprint density at radius 3 is 2.82 bits per heavy atom. The molecule has 92 valence electrons. The number of nitrogens with zero attached hydrogens (tertiary/aromatic N) is 1. The van der Waals surface area contributed by atoms with Crippen molar-refractivity contribution in [2.75, 3.05) is 20.3 Å². The zero-order valence-electron chi connectivity index (χ0n) is 10.6. The number of ether oxygens (including phenoxy) is 1. The molecule has 0 aliphatic heterocycles. The molecule has 0 radical (unpaired) electrons. The normalized spacial score (nSPS) is 23.1. The lowest BCUT2D eigenvalue weighted by molar-refractivity contribution is 0.113. The molecule has 0 bridgehead atoms. The third-order valence-corrected chi connectivity index (χ3v) is 4.07. The highest BCUT2D eigenvalue weighted by Crippen LogP contribution is 2.41. The van der Waals surface area contributed by atoms with Crippen LogP contribution in [0.5, 0.6) is 0 Å². The first-order chi connectivity index (χ1) is 8.40. The van der Waals surface area contributed by atoms with E-state index in [0.717, 1.165) is 19.2 Å². The van der Waals surface area contributed by atoms with Crippen LogP contribution in [0.25, 0.3) is 0 Å². The SMILES string of the molecule is COCCN(C1CC1)[C@@H]1CCc2ccccc21. The maximum absolute atomic E-state index is 5.26. The van der Waals surface area contributed by atoms with Crippen LogP contribution in [-0.2, 0) is 11.2 Å². The lowest BCUT2D eigenvalue weighted by Gasteiger charge is -2.29. The van der Waals surface area contributed by atoms with Gasteiger partial charge in [-0.25, -0.2) is 0 Å². The molecule has 1 saturated carbocycles. The molecule has 2 heteroatoms. The largest absolute Gasteiger partial charge is 0.383 e. The lowest BCUT2D eigenvalue weighted by Crippen LogP contribution is -2.32. The van der Waals surface area contributed by atoms with Crippen LogP contribution in [-0.4, -0.2) is 31.2 Å². The van der Waals surface area contributed by atoms with E-state index in [9.17, 15) is 0 Å². The topological polar surface area (TPSA) is 12.5 Å². The Balaban J connectivity index is 1.78. The van der Waals surface area contributed by atoms with Gasteiger partial charge in [0.1, 0.15) is 0 Å². The molecular weight excluding hydrogens is 210 g/mol. The Kier molecular flexibility index (Phi) is 3.17. The van der Waals surface area contributed by atoms with Crippen LogP contribution in [0.15, 0.2) is 24.3 Å². The highest BCUT2D eigenvalue weighted by molar-refractivity contribution is 5.34. The van der Waals surface area contributed by atoms with Gasteiger partial charge in [-0.2, -0.15) is 0 Å². The monoisotopic (exact) mass is 231 g/mol. The summed E-state index contributed by atoms with van der Waals surface area (Å²) in [5.41, 5.74) is 3.12. The fourth-order valence-corrected chi connectivity index (χ4v) is 3.07. The first-order valence-electron chi connectivity index (χ1n) is 6.72. The summed E-state index contributed by atoms with van der Waals surface area (Å²) in [5, 5.41) is 0. The van der Waals surface area contributed by atoms with Crippen LogP contribution in [0.4, 0.5) is 0 Å². The zero-order valence-corrected chi connectivity index (χ0v) is 10.6. The molecule has 0 aromatic heterocycles. The van der Waals surface area contributed by atoms with Gasteiger partial charge >= 0.3 is 0 Å². The minimum Gasteiger partial charge on any atom is -0.383 e. The van der Waals surface area contributed by atoms with Crippen molar-refractivity contribution < 1.29 is 4.74 Å². The van der Waals surface area contributed by atoms with E-state index in [-0.39, 0.29) is 0 Å². The molecule has 0 saturated heterocycles. The van der Waals surface area contributed by atoms with Crippen molar-refractivity contribution in [3.63, 3.8) is 0 Å². The molecule has 1 aromatic carbocycles. The van der Waals surface area contributed by atoms with Gasteiger partial charge < -0.3 is 4.74 Å². The van der Waals surface area contributed by atoms with Gasteiger partial charge in [0.2, 0.25) is 0 Å². The minimum absolute atomic E-state index is 0.647. The summed E-state index contributed by atoms with van der Waals surface area (Å²) in [4.78, 5) is 2.68. The minimum atomic E-state index is 0.647. The van der Waals surface area contributed by atoms with Crippen molar-refractivity contribution in [1.82, 2.24) is 4.90 Å². The Hall–Kier alpha value is -0.860. The molecule has 17 heavy (non-hydrogen) atoms. The summed E-state index contributed by atoms with van der Waals surface area (Å²) in [7, 11) is 1.80. The van der Waals surface area contributed by atoms with Crippen LogP contribution < -0.4 is 0 Å². The summed E-state index contributed by atoms with van der Waals surface area (Å²) < 4.78 is 5.26. The Morgan fingerprint density at radius 1 is 1.24 bits per heavy atom. The average Bonchev–Trinajstić information content (AvgIpc) is 3.11. The van der Waals surface area contributed by atoms with E-state index in [4.69, 9.17) is 4.74 Å². The third kappa shape index (κ3) is 2.24. The average molecular weight is 231 g/mol. The Bertz CT molecular complexity index is 386. The Labute approximate surface area is 104 Å². The number of hydrogen-bond acceptors (Lipinski definition) is 2. The van der Waals surface area contributed by atoms with Crippen molar-refractivity contribution >= 4 is 0 Å². The number of aryl methyl sites for hydroxylation is 1. The van der Waals surface area contributed by atoms with Gasteiger partial charge in [-0.1, -0.05) is 24.3 Å². The van der Waals surface area contributed by atoms with Gasteiger partial charge in [-0.15, -0.1) is 0 Å². The maximum Gasteiger partial charge on any atom is 0.0590 e. The van der Waals surface area contributed by atoms with E-state index in [0.29, 0.717) is 6.04 Å². The van der Waals surface area contributed by atoms with E-state index in [1.54, 1.807) is 18.2 Å². The van der Waals surface area contributed by atoms with E-state index < -0.39 is 0 Å². The number of fused-ring (bicyclic) bond motifs is 1. The van der Waals surface area contributed by atoms with Crippen molar-refractivity contribution in [3.05, 3.63) is 35.4 Å². The lowest BCUT2D eigenvalue weighted by atomic mass is 10.1. The molecule has 0 unspecified atom stereocenters. The molecule has 0 N–H and O–H groups in total. The molecular formula is C15H21NO. The van der Waals surface area contributed by atoms with Gasteiger partial charge in [0.25, 0.3) is 0 Å². The van der Waals surface area contributed by atoms with E-state index >= 15 is 0 Å². The Morgan fingerprint density at radius 2 is 2.06 bits per heavy atom. The molecule has 2 nitrogen and oxygen atoms in total. The molecule has 0 spiro atoms. The van der Waals surface area contributed by atoms with Crippen molar-refractivity contribution in [1.29, 1.82) is 0 Å². The number of rotatable bonds is 5. The summed E-state index contributed by atoms with van der Waals surface area (Å²) in [6.07, 6.45) is 5.29. The zero-order chi connectivity index (χ0) is 11.7. The van der Waals surface area contributed by atoms with Gasteiger partial charge in [0.05, 0.1) is 6.61 Å². The van der Waals surface area contributed by atoms with Crippen LogP contribution in [0, 0.1) is 0 Å². The standard InChI is InChI=1S/C15H21NO/c1-17-11-10-16(13-7-8-13)15-9-6-12-4-2-3-5-14(12)15/h2-5,13,15H,6-11H2,1H3/t15-/m1/s1. The third-order valence-electron chi connectivity index (χ3n) is 4.07. The van der Waals surface area contributed by atoms with Crippen LogP contribution in [0.1, 0.15) is 36.4 Å². The highest BCUT2D eigenvalue weighted by Gasteiger charge is 2.36. The van der Waals surface area contributed by atoms with Crippen molar-refractivity contribution in [2.24, 2.45) is 0 Å². The first-order valence-corrected chi connectivity index (χ1v) is 6.72. The molecule has 1 aromatic rings. The molecule has 1 atom stereocenters. The first kappa shape index (κ1) is 11.2. The fourth-order valence-electron chi connectivity index (χ4n) is 3.07. The second kappa shape index (κ2) is 4.79. The van der Waals surface area contributed by atoms with Gasteiger partial charge in [-0.05, 0) is 36.8 Å². The summed E-state index contributed by atoms with van der Waals surface area (Å²) in [6.45, 7) is 1.94. The van der Waals surface area contributed by atoms with Gasteiger partial charge in [-0.3, -0.25) is 4.90 Å². The fraction of sp³-hybridized carbons (Fsp3) is 0.600. The molecule has 2 aliphatic rings. The summed E-state index contributed by atoms with van der Waals surface area (Å²) in [6, 6.07) is 10.4. The van der Waals surface area contributed by atoms with Crippen LogP contribution in [0.3, 0.4) is 0 Å². The molecule has 2 aliphatic carbocycles. The molecule has 0 heterocycles. The predicted octanol–water partition coefficient (Wildman–Crippen LogP) is 2.78.